The van der Waals surface area contributed by atoms with E-state index in [1.165, 1.54) is 5.56 Å². The summed E-state index contributed by atoms with van der Waals surface area (Å²) in [6, 6.07) is 18.5. The summed E-state index contributed by atoms with van der Waals surface area (Å²) in [7, 11) is 0. The summed E-state index contributed by atoms with van der Waals surface area (Å²) in [5.41, 5.74) is 5.09. The molecule has 2 heterocycles. The predicted octanol–water partition coefficient (Wildman–Crippen LogP) is 4.55. The van der Waals surface area contributed by atoms with Crippen molar-refractivity contribution in [2.45, 2.75) is 20.3 Å². The lowest BCUT2D eigenvalue weighted by Crippen LogP contribution is -1.94. The van der Waals surface area contributed by atoms with E-state index >= 15 is 0 Å². The molecule has 0 amide bonds. The maximum absolute atomic E-state index is 5.23. The first-order chi connectivity index (χ1) is 13.7. The van der Waals surface area contributed by atoms with E-state index < -0.39 is 0 Å². The summed E-state index contributed by atoms with van der Waals surface area (Å²) in [4.78, 5) is 0. The van der Waals surface area contributed by atoms with Gasteiger partial charge in [-0.05, 0) is 43.3 Å². The van der Waals surface area contributed by atoms with Crippen molar-refractivity contribution in [3.05, 3.63) is 82.5 Å². The first-order valence-corrected chi connectivity index (χ1v) is 9.49. The molecule has 4 rings (SSSR count). The van der Waals surface area contributed by atoms with Crippen molar-refractivity contribution in [2.24, 2.45) is 5.10 Å². The fourth-order valence-electron chi connectivity index (χ4n) is 2.94. The zero-order valence-corrected chi connectivity index (χ0v) is 16.5. The zero-order valence-electron chi connectivity index (χ0n) is 15.7. The summed E-state index contributed by atoms with van der Waals surface area (Å²) in [5, 5.41) is 16.2. The first kappa shape index (κ1) is 18.1. The van der Waals surface area contributed by atoms with E-state index in [4.69, 9.17) is 17.3 Å². The van der Waals surface area contributed by atoms with Gasteiger partial charge in [0.2, 0.25) is 4.77 Å². The number of para-hydroxylation sites is 1. The van der Waals surface area contributed by atoms with Crippen LogP contribution in [0.5, 0.6) is 0 Å². The quantitative estimate of drug-likeness (QED) is 0.403. The SMILES string of the molecule is CCc1ccc(-c2nn(-c3ccccc3)cc2/C=N\n2c(C)n[nH]c2=S)cc1. The molecular formula is C21H20N6S. The number of aryl methyl sites for hydroxylation is 2. The van der Waals surface area contributed by atoms with Crippen LogP contribution in [0.1, 0.15) is 23.9 Å². The van der Waals surface area contributed by atoms with Crippen LogP contribution in [0, 0.1) is 11.7 Å². The molecule has 0 radical (unpaired) electrons. The van der Waals surface area contributed by atoms with Crippen molar-refractivity contribution in [3.63, 3.8) is 0 Å². The Balaban J connectivity index is 1.80. The van der Waals surface area contributed by atoms with Crippen molar-refractivity contribution in [1.29, 1.82) is 0 Å². The summed E-state index contributed by atoms with van der Waals surface area (Å²) < 4.78 is 3.92. The molecule has 0 aliphatic carbocycles. The molecule has 2 aromatic carbocycles. The van der Waals surface area contributed by atoms with E-state index in [2.05, 4.69) is 46.5 Å². The van der Waals surface area contributed by atoms with Gasteiger partial charge in [-0.3, -0.25) is 5.10 Å². The molecule has 0 bridgehead atoms. The molecule has 140 valence electrons. The molecule has 0 saturated carbocycles. The lowest BCUT2D eigenvalue weighted by molar-refractivity contribution is 0.821. The summed E-state index contributed by atoms with van der Waals surface area (Å²) in [5.74, 6) is 0.700. The van der Waals surface area contributed by atoms with Crippen molar-refractivity contribution < 1.29 is 0 Å². The Bertz CT molecular complexity index is 1170. The number of rotatable bonds is 5. The van der Waals surface area contributed by atoms with Gasteiger partial charge in [0.05, 0.1) is 11.9 Å². The van der Waals surface area contributed by atoms with E-state index in [-0.39, 0.29) is 0 Å². The van der Waals surface area contributed by atoms with Gasteiger partial charge in [-0.15, -0.1) is 0 Å². The number of nitrogens with one attached hydrogen (secondary N) is 1. The van der Waals surface area contributed by atoms with Crippen LogP contribution in [0.2, 0.25) is 0 Å². The van der Waals surface area contributed by atoms with Gasteiger partial charge in [-0.2, -0.15) is 20.0 Å². The Morgan fingerprint density at radius 3 is 2.50 bits per heavy atom. The van der Waals surface area contributed by atoms with Gasteiger partial charge in [0.15, 0.2) is 0 Å². The zero-order chi connectivity index (χ0) is 19.5. The van der Waals surface area contributed by atoms with E-state index in [1.54, 1.807) is 10.9 Å². The molecule has 6 nitrogen and oxygen atoms in total. The number of aromatic amines is 1. The average Bonchev–Trinajstić information content (AvgIpc) is 3.30. The predicted molar refractivity (Wildman–Crippen MR) is 114 cm³/mol. The van der Waals surface area contributed by atoms with Gasteiger partial charge in [-0.25, -0.2) is 4.68 Å². The maximum Gasteiger partial charge on any atom is 0.216 e. The lowest BCUT2D eigenvalue weighted by Gasteiger charge is -2.02. The van der Waals surface area contributed by atoms with Gasteiger partial charge in [-0.1, -0.05) is 49.4 Å². The summed E-state index contributed by atoms with van der Waals surface area (Å²) >= 11 is 5.23. The Hall–Kier alpha value is -3.32. The second-order valence-electron chi connectivity index (χ2n) is 6.40. The third-order valence-corrected chi connectivity index (χ3v) is 4.79. The van der Waals surface area contributed by atoms with Crippen LogP contribution in [0.15, 0.2) is 65.9 Å². The third kappa shape index (κ3) is 3.57. The third-order valence-electron chi connectivity index (χ3n) is 4.52. The Labute approximate surface area is 168 Å². The molecule has 1 N–H and O–H groups in total. The van der Waals surface area contributed by atoms with Crippen molar-refractivity contribution in [3.8, 4) is 16.9 Å². The molecule has 28 heavy (non-hydrogen) atoms. The number of nitrogens with zero attached hydrogens (tertiary/aromatic N) is 5. The molecular weight excluding hydrogens is 368 g/mol. The molecule has 0 atom stereocenters. The summed E-state index contributed by atoms with van der Waals surface area (Å²) in [6.45, 7) is 4.00. The van der Waals surface area contributed by atoms with Crippen molar-refractivity contribution in [1.82, 2.24) is 24.7 Å². The number of H-pyrrole nitrogens is 1. The van der Waals surface area contributed by atoms with Crippen LogP contribution in [0.4, 0.5) is 0 Å². The Kier molecular flexibility index (Phi) is 4.99. The first-order valence-electron chi connectivity index (χ1n) is 9.08. The molecule has 7 heteroatoms. The highest BCUT2D eigenvalue weighted by Crippen LogP contribution is 2.23. The van der Waals surface area contributed by atoms with Crippen LogP contribution >= 0.6 is 12.2 Å². The monoisotopic (exact) mass is 388 g/mol. The highest BCUT2D eigenvalue weighted by atomic mass is 32.1. The number of hydrogen-bond acceptors (Lipinski definition) is 4. The molecule has 0 aliphatic rings. The van der Waals surface area contributed by atoms with Crippen molar-refractivity contribution in [2.75, 3.05) is 0 Å². The normalized spacial score (nSPS) is 11.4. The fourth-order valence-corrected chi connectivity index (χ4v) is 3.17. The molecule has 4 aromatic rings. The van der Waals surface area contributed by atoms with E-state index in [9.17, 15) is 0 Å². The molecule has 0 aliphatic heterocycles. The standard InChI is InChI=1S/C21H20N6S/c1-3-16-9-11-17(12-10-16)20-18(13-22-27-15(2)23-24-21(27)28)14-26(25-20)19-7-5-4-6-8-19/h4-14H,3H2,1-2H3,(H,24,28)/b22-13-. The second-order valence-corrected chi connectivity index (χ2v) is 6.78. The fraction of sp³-hybridized carbons (Fsp3) is 0.143. The van der Waals surface area contributed by atoms with Gasteiger partial charge in [0.1, 0.15) is 11.5 Å². The van der Waals surface area contributed by atoms with Crippen molar-refractivity contribution >= 4 is 18.4 Å². The minimum Gasteiger partial charge on any atom is -0.250 e. The van der Waals surface area contributed by atoms with Crippen LogP contribution in [-0.2, 0) is 6.42 Å². The lowest BCUT2D eigenvalue weighted by atomic mass is 10.1. The molecule has 0 saturated heterocycles. The second kappa shape index (κ2) is 7.74. The molecule has 2 aromatic heterocycles. The average molecular weight is 389 g/mol. The van der Waals surface area contributed by atoms with Gasteiger partial charge < -0.3 is 0 Å². The van der Waals surface area contributed by atoms with Gasteiger partial charge >= 0.3 is 0 Å². The van der Waals surface area contributed by atoms with E-state index in [1.807, 2.05) is 48.1 Å². The number of benzene rings is 2. The highest BCUT2D eigenvalue weighted by Gasteiger charge is 2.11. The molecule has 0 unspecified atom stereocenters. The number of aromatic nitrogens is 5. The minimum absolute atomic E-state index is 0.457. The highest BCUT2D eigenvalue weighted by molar-refractivity contribution is 7.71. The number of hydrogen-bond donors (Lipinski definition) is 1. The Morgan fingerprint density at radius 1 is 1.11 bits per heavy atom. The van der Waals surface area contributed by atoms with E-state index in [0.717, 1.165) is 28.9 Å². The van der Waals surface area contributed by atoms with Crippen LogP contribution in [-0.4, -0.2) is 30.9 Å². The summed E-state index contributed by atoms with van der Waals surface area (Å²) in [6.07, 6.45) is 4.75. The van der Waals surface area contributed by atoms with Crippen LogP contribution < -0.4 is 0 Å². The molecule has 0 spiro atoms. The Morgan fingerprint density at radius 2 is 1.86 bits per heavy atom. The van der Waals surface area contributed by atoms with Crippen LogP contribution in [0.3, 0.4) is 0 Å². The largest absolute Gasteiger partial charge is 0.250 e. The maximum atomic E-state index is 5.23. The smallest absolute Gasteiger partial charge is 0.216 e. The van der Waals surface area contributed by atoms with Gasteiger partial charge in [0, 0.05) is 17.3 Å². The van der Waals surface area contributed by atoms with Crippen LogP contribution in [0.25, 0.3) is 16.9 Å². The van der Waals surface area contributed by atoms with E-state index in [0.29, 0.717) is 10.6 Å². The van der Waals surface area contributed by atoms with Gasteiger partial charge in [0.25, 0.3) is 0 Å². The minimum atomic E-state index is 0.457. The topological polar surface area (TPSA) is 63.8 Å². The molecule has 0 fully saturated rings.